The van der Waals surface area contributed by atoms with Crippen molar-refractivity contribution < 1.29 is 47.5 Å². The highest BCUT2D eigenvalue weighted by atomic mass is 16.5. The summed E-state index contributed by atoms with van der Waals surface area (Å²) in [4.78, 5) is 55.3. The molecule has 33 N–H and O–H groups in total. The molecule has 0 bridgehead atoms. The highest BCUT2D eigenvalue weighted by Crippen LogP contribution is 2.48. The van der Waals surface area contributed by atoms with Crippen LogP contribution in [-0.4, -0.2) is 165 Å². The first-order valence-corrected chi connectivity index (χ1v) is 29.7. The van der Waals surface area contributed by atoms with Gasteiger partial charge in [-0.3, -0.25) is 44.5 Å². The normalized spacial score (nSPS) is 10.5. The fraction of sp³-hybridized carbons (Fsp3) is 0.431. The molecule has 0 saturated carbocycles. The van der Waals surface area contributed by atoms with Crippen molar-refractivity contribution in [2.24, 2.45) is 121 Å². The monoisotopic (exact) mass is 1300 g/mol. The number of hydrogen-bond donors (Lipinski definition) is 18. The predicted octanol–water partition coefficient (Wildman–Crippen LogP) is -3.26. The minimum absolute atomic E-state index is 0.0222. The van der Waals surface area contributed by atoms with Gasteiger partial charge in [0.05, 0.1) is 45.8 Å². The number of benzene rings is 4. The summed E-state index contributed by atoms with van der Waals surface area (Å²) in [6, 6.07) is 17.8. The van der Waals surface area contributed by atoms with E-state index in [9.17, 15) is 9.59 Å². The number of ether oxygens (including phenoxy) is 8. The number of para-hydroxylation sites is 2. The number of amides is 2. The number of unbranched alkanes of at least 4 members (excludes halogenated alkanes) is 3. The predicted molar refractivity (Wildman–Crippen MR) is 361 cm³/mol. The Kier molecular flexibility index (Phi) is 33.7. The molecular formula is C58H93N25O10. The van der Waals surface area contributed by atoms with Crippen LogP contribution in [0.25, 0.3) is 22.3 Å². The van der Waals surface area contributed by atoms with Gasteiger partial charge in [-0.1, -0.05) is 37.1 Å². The number of nitrogens with two attached hydrogens (primary N) is 15. The number of aliphatic imine (C=N–C) groups is 7. The van der Waals surface area contributed by atoms with Crippen molar-refractivity contribution >= 4 is 53.5 Å². The number of hydrogen-bond acceptors (Lipinski definition) is 19. The zero-order valence-corrected chi connectivity index (χ0v) is 52.3. The Balaban J connectivity index is 1.54. The fourth-order valence-electron chi connectivity index (χ4n) is 8.53. The smallest absolute Gasteiger partial charge is 0.220 e. The van der Waals surface area contributed by atoms with Gasteiger partial charge in [0.25, 0.3) is 0 Å². The van der Waals surface area contributed by atoms with E-state index in [1.165, 1.54) is 0 Å². The molecule has 4 aromatic rings. The summed E-state index contributed by atoms with van der Waals surface area (Å²) in [6.45, 7) is 2.30. The van der Waals surface area contributed by atoms with E-state index in [0.29, 0.717) is 100 Å². The van der Waals surface area contributed by atoms with Gasteiger partial charge in [0.2, 0.25) is 11.8 Å². The number of nitrogens with one attached hydrogen (secondary N) is 3. The van der Waals surface area contributed by atoms with Crippen LogP contribution in [0.5, 0.6) is 46.0 Å². The third kappa shape index (κ3) is 29.5. The molecule has 0 saturated heterocycles. The molecule has 0 aromatic heterocycles. The van der Waals surface area contributed by atoms with Crippen LogP contribution in [0.15, 0.2) is 95.6 Å². The lowest BCUT2D eigenvalue weighted by atomic mass is 9.99. The first-order chi connectivity index (χ1) is 44.8. The van der Waals surface area contributed by atoms with Gasteiger partial charge < -0.3 is 140 Å². The van der Waals surface area contributed by atoms with Crippen LogP contribution in [0.2, 0.25) is 0 Å². The van der Waals surface area contributed by atoms with Crippen molar-refractivity contribution in [3.8, 4) is 68.2 Å². The Morgan fingerprint density at radius 2 is 0.634 bits per heavy atom. The topological polar surface area (TPSA) is 621 Å². The van der Waals surface area contributed by atoms with Gasteiger partial charge in [0.1, 0.15) is 52.9 Å². The fourth-order valence-corrected chi connectivity index (χ4v) is 8.53. The second kappa shape index (κ2) is 42.1. The average Bonchev–Trinajstić information content (AvgIpc) is 0.854. The molecule has 4 rings (SSSR count). The molecule has 4 aromatic carbocycles. The summed E-state index contributed by atoms with van der Waals surface area (Å²) in [5, 5.41) is 9.09. The van der Waals surface area contributed by atoms with Crippen molar-refractivity contribution in [2.75, 3.05) is 112 Å². The lowest BCUT2D eigenvalue weighted by Crippen LogP contribution is -2.27. The number of carbonyl (C=O) groups excluding carboxylic acids is 2. The number of nitrogens with zero attached hydrogens (tertiary/aromatic N) is 7. The van der Waals surface area contributed by atoms with Crippen LogP contribution in [0.4, 0.5) is 0 Å². The molecule has 0 atom stereocenters. The lowest BCUT2D eigenvalue weighted by molar-refractivity contribution is -0.122. The SMILES string of the molecule is NCNCCOc1c(OCCN=C(N)N)cccc1-c1cc(CNC(=O)CCCCCCC(=O)NCc2cc(OCCN=C(N)N)c(OCCN=C(N)N)c(-c3cccc(OCCN=C(N)N)c3OCCN=C(N)N)c2)cc(OCCN=C(N)N)c1OCCN=C(N)N. The van der Waals surface area contributed by atoms with E-state index in [1.54, 1.807) is 42.5 Å². The quantitative estimate of drug-likeness (QED) is 0.00894. The van der Waals surface area contributed by atoms with E-state index in [-0.39, 0.29) is 196 Å². The van der Waals surface area contributed by atoms with Gasteiger partial charge in [-0.2, -0.15) is 0 Å². The van der Waals surface area contributed by atoms with Crippen molar-refractivity contribution in [3.63, 3.8) is 0 Å². The number of guanidine groups is 7. The van der Waals surface area contributed by atoms with E-state index >= 15 is 0 Å². The molecular weight excluding hydrogens is 1210 g/mol. The minimum atomic E-state index is -0.212. The first kappa shape index (κ1) is 74.5. The van der Waals surface area contributed by atoms with E-state index in [1.807, 2.05) is 18.2 Å². The Hall–Kier alpha value is -11.0. The van der Waals surface area contributed by atoms with Crippen LogP contribution in [0, 0.1) is 0 Å². The summed E-state index contributed by atoms with van der Waals surface area (Å²) in [6.07, 6.45) is 2.85. The first-order valence-electron chi connectivity index (χ1n) is 29.7. The van der Waals surface area contributed by atoms with Crippen LogP contribution in [-0.2, 0) is 22.7 Å². The van der Waals surface area contributed by atoms with Gasteiger partial charge in [0, 0.05) is 61.4 Å². The maximum Gasteiger partial charge on any atom is 0.220 e. The van der Waals surface area contributed by atoms with E-state index in [4.69, 9.17) is 124 Å². The molecule has 0 unspecified atom stereocenters. The molecule has 0 spiro atoms. The zero-order chi connectivity index (χ0) is 67.8. The molecule has 0 aliphatic carbocycles. The van der Waals surface area contributed by atoms with Gasteiger partial charge in [-0.25, -0.2) is 0 Å². The molecule has 0 aliphatic rings. The standard InChI is InChI=1S/C58H93N25O10/c59-35-74-13-21-90-48-38(7-5-9-42(48)86-22-14-75-52(60)61)40-29-36(31-44(88-24-16-77-54(64)65)50(40)92-27-19-80-57(70)71)33-82-46(84)11-3-1-2-4-12-47(85)83-34-37-30-41(51(93-28-20-81-58(72)73)45(32-37)89-25-17-78-55(66)67)39-8-6-10-43(87-23-15-76-53(62)63)49(39)91-26-18-79-56(68)69/h5-10,29-32,74H,1-4,11-28,33-35,59H2,(H,82,84)(H,83,85)(H4,60,61,75)(H4,62,63,76)(H4,64,65,77)(H4,66,67,78)(H4,68,69,79)(H4,70,71,80)(H4,72,73,81). The second-order valence-corrected chi connectivity index (χ2v) is 19.8. The zero-order valence-electron chi connectivity index (χ0n) is 52.3. The van der Waals surface area contributed by atoms with Crippen LogP contribution < -0.4 is 140 Å². The molecule has 35 nitrogen and oxygen atoms in total. The van der Waals surface area contributed by atoms with Gasteiger partial charge in [0.15, 0.2) is 87.7 Å². The summed E-state index contributed by atoms with van der Waals surface area (Å²) < 4.78 is 50.2. The summed E-state index contributed by atoms with van der Waals surface area (Å²) >= 11 is 0. The molecule has 0 fully saturated rings. The average molecular weight is 1300 g/mol. The summed E-state index contributed by atoms with van der Waals surface area (Å²) in [5.74, 6) is 1.34. The Bertz CT molecular complexity index is 3190. The second-order valence-electron chi connectivity index (χ2n) is 19.8. The summed E-state index contributed by atoms with van der Waals surface area (Å²) in [5.41, 5.74) is 87.4. The largest absolute Gasteiger partial charge is 0.488 e. The van der Waals surface area contributed by atoms with Crippen LogP contribution >= 0.6 is 0 Å². The number of carbonyl (C=O) groups is 2. The molecule has 93 heavy (non-hydrogen) atoms. The Labute approximate surface area is 539 Å². The molecule has 0 radical (unpaired) electrons. The molecule has 510 valence electrons. The van der Waals surface area contributed by atoms with E-state index < -0.39 is 0 Å². The molecule has 0 heterocycles. The van der Waals surface area contributed by atoms with Crippen molar-refractivity contribution in [1.82, 2.24) is 16.0 Å². The van der Waals surface area contributed by atoms with Gasteiger partial charge >= 0.3 is 0 Å². The number of rotatable bonds is 46. The Morgan fingerprint density at radius 3 is 0.946 bits per heavy atom. The Morgan fingerprint density at radius 1 is 0.344 bits per heavy atom. The van der Waals surface area contributed by atoms with Crippen molar-refractivity contribution in [3.05, 3.63) is 71.8 Å². The lowest BCUT2D eigenvalue weighted by Gasteiger charge is -2.21. The van der Waals surface area contributed by atoms with Crippen LogP contribution in [0.3, 0.4) is 0 Å². The summed E-state index contributed by atoms with van der Waals surface area (Å²) in [7, 11) is 0. The van der Waals surface area contributed by atoms with Gasteiger partial charge in [-0.05, 0) is 60.4 Å². The molecule has 2 amide bonds. The van der Waals surface area contributed by atoms with Crippen molar-refractivity contribution in [1.29, 1.82) is 0 Å². The van der Waals surface area contributed by atoms with Crippen molar-refractivity contribution in [2.45, 2.75) is 51.6 Å². The highest BCUT2D eigenvalue weighted by molar-refractivity contribution is 5.84. The maximum absolute atomic E-state index is 13.5. The van der Waals surface area contributed by atoms with Gasteiger partial charge in [-0.15, -0.1) is 0 Å². The minimum Gasteiger partial charge on any atom is -0.488 e. The molecule has 0 aliphatic heterocycles. The molecule has 35 heteroatoms. The van der Waals surface area contributed by atoms with E-state index in [2.05, 4.69) is 50.9 Å². The van der Waals surface area contributed by atoms with Crippen LogP contribution in [0.1, 0.15) is 49.7 Å². The maximum atomic E-state index is 13.5. The third-order valence-electron chi connectivity index (χ3n) is 12.4. The third-order valence-corrected chi connectivity index (χ3v) is 12.4. The van der Waals surface area contributed by atoms with E-state index in [0.717, 1.165) is 0 Å². The highest BCUT2D eigenvalue weighted by Gasteiger charge is 2.24.